The van der Waals surface area contributed by atoms with Crippen LogP contribution in [0.4, 0.5) is 4.39 Å². The number of aliphatic carboxylic acids is 1. The number of phenolic OH excluding ortho intramolecular Hbond substituents is 2. The number of carboxylic acid groups (broad SMARTS) is 1. The summed E-state index contributed by atoms with van der Waals surface area (Å²) in [5.41, 5.74) is -0.185. The molecule has 1 aromatic carbocycles. The van der Waals surface area contributed by atoms with Gasteiger partial charge in [-0.05, 0) is 15.9 Å². The minimum absolute atomic E-state index is 0.157. The van der Waals surface area contributed by atoms with Crippen LogP contribution in [0, 0.1) is 5.82 Å². The summed E-state index contributed by atoms with van der Waals surface area (Å²) in [6.07, 6.45) is -0.572. The van der Waals surface area contributed by atoms with Crippen LogP contribution >= 0.6 is 15.9 Å². The first-order valence-corrected chi connectivity index (χ1v) is 4.33. The topological polar surface area (TPSA) is 77.8 Å². The molecule has 0 aliphatic heterocycles. The number of halogens is 2. The number of phenols is 2. The van der Waals surface area contributed by atoms with Gasteiger partial charge >= 0.3 is 5.97 Å². The lowest BCUT2D eigenvalue weighted by atomic mass is 10.1. The van der Waals surface area contributed by atoms with Gasteiger partial charge in [0.1, 0.15) is 5.82 Å². The van der Waals surface area contributed by atoms with Crippen molar-refractivity contribution in [1.29, 1.82) is 0 Å². The molecule has 6 heteroatoms. The van der Waals surface area contributed by atoms with Crippen LogP contribution in [0.3, 0.4) is 0 Å². The third-order valence-corrected chi connectivity index (χ3v) is 2.45. The third-order valence-electron chi connectivity index (χ3n) is 1.59. The summed E-state index contributed by atoms with van der Waals surface area (Å²) in [5, 5.41) is 26.7. The van der Waals surface area contributed by atoms with Crippen LogP contribution in [0.25, 0.3) is 0 Å². The summed E-state index contributed by atoms with van der Waals surface area (Å²) in [4.78, 5) is 10.4. The summed E-state index contributed by atoms with van der Waals surface area (Å²) >= 11 is 2.78. The summed E-state index contributed by atoms with van der Waals surface area (Å²) in [6, 6.07) is 0.699. The first-order valence-electron chi connectivity index (χ1n) is 3.54. The highest BCUT2D eigenvalue weighted by molar-refractivity contribution is 9.10. The Balaban J connectivity index is 3.31. The Morgan fingerprint density at radius 1 is 1.50 bits per heavy atom. The van der Waals surface area contributed by atoms with Gasteiger partial charge in [-0.25, -0.2) is 4.39 Å². The molecule has 1 aromatic rings. The van der Waals surface area contributed by atoms with Crippen molar-refractivity contribution in [2.24, 2.45) is 0 Å². The molecule has 0 unspecified atom stereocenters. The predicted molar refractivity (Wildman–Crippen MR) is 48.8 cm³/mol. The molecule has 0 aliphatic rings. The zero-order valence-corrected chi connectivity index (χ0v) is 8.38. The van der Waals surface area contributed by atoms with E-state index >= 15 is 0 Å². The van der Waals surface area contributed by atoms with Gasteiger partial charge < -0.3 is 15.3 Å². The molecule has 0 atom stereocenters. The Hall–Kier alpha value is -1.30. The maximum absolute atomic E-state index is 13.0. The molecule has 4 nitrogen and oxygen atoms in total. The van der Waals surface area contributed by atoms with Gasteiger partial charge in [0.05, 0.1) is 10.9 Å². The van der Waals surface area contributed by atoms with Crippen molar-refractivity contribution in [3.63, 3.8) is 0 Å². The fourth-order valence-corrected chi connectivity index (χ4v) is 1.41. The summed E-state index contributed by atoms with van der Waals surface area (Å²) < 4.78 is 12.8. The molecule has 0 aromatic heterocycles. The van der Waals surface area contributed by atoms with E-state index in [1.165, 1.54) is 0 Å². The van der Waals surface area contributed by atoms with Crippen LogP contribution in [0.1, 0.15) is 5.56 Å². The van der Waals surface area contributed by atoms with Crippen LogP contribution in [0.2, 0.25) is 0 Å². The van der Waals surface area contributed by atoms with Crippen molar-refractivity contribution in [1.82, 2.24) is 0 Å². The van der Waals surface area contributed by atoms with Crippen LogP contribution in [-0.2, 0) is 11.2 Å². The Kier molecular flexibility index (Phi) is 2.95. The lowest BCUT2D eigenvalue weighted by Gasteiger charge is -2.07. The van der Waals surface area contributed by atoms with E-state index in [0.717, 1.165) is 0 Å². The lowest BCUT2D eigenvalue weighted by molar-refractivity contribution is -0.136. The van der Waals surface area contributed by atoms with Crippen molar-refractivity contribution in [3.05, 3.63) is 21.9 Å². The zero-order chi connectivity index (χ0) is 10.9. The zero-order valence-electron chi connectivity index (χ0n) is 6.79. The minimum Gasteiger partial charge on any atom is -0.504 e. The van der Waals surface area contributed by atoms with E-state index < -0.39 is 29.7 Å². The molecule has 0 saturated heterocycles. The number of rotatable bonds is 2. The van der Waals surface area contributed by atoms with Crippen LogP contribution in [0.15, 0.2) is 10.5 Å². The second-order valence-electron chi connectivity index (χ2n) is 2.59. The molecular weight excluding hydrogens is 259 g/mol. The Morgan fingerprint density at radius 3 is 2.57 bits per heavy atom. The van der Waals surface area contributed by atoms with E-state index in [0.29, 0.717) is 6.07 Å². The van der Waals surface area contributed by atoms with Gasteiger partial charge in [-0.1, -0.05) is 0 Å². The highest BCUT2D eigenvalue weighted by atomic mass is 79.9. The number of carbonyl (C=O) groups is 1. The van der Waals surface area contributed by atoms with Gasteiger partial charge in [0, 0.05) is 11.6 Å². The number of benzene rings is 1. The molecule has 3 N–H and O–H groups in total. The second-order valence-corrected chi connectivity index (χ2v) is 3.38. The number of hydrogen-bond acceptors (Lipinski definition) is 3. The van der Waals surface area contributed by atoms with Crippen LogP contribution in [-0.4, -0.2) is 21.3 Å². The van der Waals surface area contributed by atoms with E-state index in [4.69, 9.17) is 10.2 Å². The highest BCUT2D eigenvalue weighted by Crippen LogP contribution is 2.36. The highest BCUT2D eigenvalue weighted by Gasteiger charge is 2.17. The first-order chi connectivity index (χ1) is 6.43. The molecule has 1 rings (SSSR count). The van der Waals surface area contributed by atoms with Gasteiger partial charge in [-0.3, -0.25) is 4.79 Å². The molecule has 0 spiro atoms. The third kappa shape index (κ3) is 1.95. The monoisotopic (exact) mass is 264 g/mol. The average molecular weight is 265 g/mol. The Bertz CT molecular complexity index is 365. The predicted octanol–water partition coefficient (Wildman–Crippen LogP) is 1.63. The molecule has 0 bridgehead atoms. The normalized spacial score (nSPS) is 10.1. The fraction of sp³-hybridized carbons (Fsp3) is 0.125. The standard InChI is InChI=1S/C8H6BrFO4/c9-7-3(1-6(12)13)8(14)5(11)2-4(7)10/h2,11,14H,1H2,(H,12,13). The van der Waals surface area contributed by atoms with Crippen molar-refractivity contribution in [3.8, 4) is 11.5 Å². The van der Waals surface area contributed by atoms with E-state index in [9.17, 15) is 14.3 Å². The van der Waals surface area contributed by atoms with Crippen molar-refractivity contribution < 1.29 is 24.5 Å². The SMILES string of the molecule is O=C(O)Cc1c(O)c(O)cc(F)c1Br. The first kappa shape index (κ1) is 10.8. The average Bonchev–Trinajstić information content (AvgIpc) is 2.09. The van der Waals surface area contributed by atoms with Gasteiger partial charge in [0.25, 0.3) is 0 Å². The van der Waals surface area contributed by atoms with E-state index in [1.54, 1.807) is 0 Å². The lowest BCUT2D eigenvalue weighted by Crippen LogP contribution is -2.02. The molecule has 0 saturated carbocycles. The van der Waals surface area contributed by atoms with E-state index in [-0.39, 0.29) is 10.0 Å². The Morgan fingerprint density at radius 2 is 2.07 bits per heavy atom. The van der Waals surface area contributed by atoms with E-state index in [2.05, 4.69) is 15.9 Å². The number of carboxylic acids is 1. The summed E-state index contributed by atoms with van der Waals surface area (Å²) in [7, 11) is 0. The Labute approximate surface area is 86.7 Å². The molecule has 0 amide bonds. The smallest absolute Gasteiger partial charge is 0.308 e. The van der Waals surface area contributed by atoms with Crippen molar-refractivity contribution in [2.45, 2.75) is 6.42 Å². The molecule has 76 valence electrons. The van der Waals surface area contributed by atoms with Crippen molar-refractivity contribution in [2.75, 3.05) is 0 Å². The second kappa shape index (κ2) is 3.83. The molecule has 0 fully saturated rings. The minimum atomic E-state index is -1.23. The van der Waals surface area contributed by atoms with Gasteiger partial charge in [-0.15, -0.1) is 0 Å². The summed E-state index contributed by atoms with van der Waals surface area (Å²) in [6.45, 7) is 0. The van der Waals surface area contributed by atoms with Gasteiger partial charge in [0.2, 0.25) is 0 Å². The molecule has 14 heavy (non-hydrogen) atoms. The van der Waals surface area contributed by atoms with Gasteiger partial charge in [0.15, 0.2) is 11.5 Å². The van der Waals surface area contributed by atoms with Gasteiger partial charge in [-0.2, -0.15) is 0 Å². The maximum atomic E-state index is 13.0. The molecular formula is C8H6BrFO4. The molecule has 0 radical (unpaired) electrons. The largest absolute Gasteiger partial charge is 0.504 e. The molecule has 0 heterocycles. The molecule has 0 aliphatic carbocycles. The van der Waals surface area contributed by atoms with E-state index in [1.807, 2.05) is 0 Å². The quantitative estimate of drug-likeness (QED) is 0.710. The van der Waals surface area contributed by atoms with Crippen LogP contribution < -0.4 is 0 Å². The number of hydrogen-bond donors (Lipinski definition) is 3. The van der Waals surface area contributed by atoms with Crippen LogP contribution in [0.5, 0.6) is 11.5 Å². The van der Waals surface area contributed by atoms with Crippen molar-refractivity contribution >= 4 is 21.9 Å². The summed E-state index contributed by atoms with van der Waals surface area (Å²) in [5.74, 6) is -3.36. The maximum Gasteiger partial charge on any atom is 0.308 e. The fourth-order valence-electron chi connectivity index (χ4n) is 0.967. The number of aromatic hydroxyl groups is 2.